The number of pyridine rings is 1. The molecule has 1 fully saturated rings. The summed E-state index contributed by atoms with van der Waals surface area (Å²) in [5.41, 5.74) is 3.06. The van der Waals surface area contributed by atoms with E-state index in [-0.39, 0.29) is 36.8 Å². The SMILES string of the molecule is CC(=O)c1nn(CC(=O)N2C[C@H](F)C[C@H]2C(=O)Nc2cccc(Br)n2)c2ccc(-c3cnc4ccnn4c3)cc12. The molecule has 4 aromatic heterocycles. The van der Waals surface area contributed by atoms with E-state index in [2.05, 4.69) is 41.4 Å². The first-order valence-electron chi connectivity index (χ1n) is 12.4. The number of carbonyl (C=O) groups excluding carboxylic acids is 3. The van der Waals surface area contributed by atoms with Gasteiger partial charge in [-0.05, 0) is 45.8 Å². The highest BCUT2D eigenvalue weighted by atomic mass is 79.9. The fraction of sp³-hybridized carbons (Fsp3) is 0.222. The topological polar surface area (TPSA) is 127 Å². The van der Waals surface area contributed by atoms with Crippen molar-refractivity contribution in [1.82, 2.24) is 34.3 Å². The van der Waals surface area contributed by atoms with Gasteiger partial charge in [0.25, 0.3) is 0 Å². The summed E-state index contributed by atoms with van der Waals surface area (Å²) in [5.74, 6) is -0.991. The molecule has 6 rings (SSSR count). The number of halogens is 2. The first kappa shape index (κ1) is 25.7. The van der Waals surface area contributed by atoms with Crippen LogP contribution in [-0.4, -0.2) is 70.6 Å². The van der Waals surface area contributed by atoms with Gasteiger partial charge in [0, 0.05) is 42.8 Å². The highest BCUT2D eigenvalue weighted by Crippen LogP contribution is 2.28. The van der Waals surface area contributed by atoms with Crippen molar-refractivity contribution in [3.8, 4) is 11.1 Å². The molecule has 13 heteroatoms. The van der Waals surface area contributed by atoms with Gasteiger partial charge in [0.2, 0.25) is 11.8 Å². The molecule has 0 bridgehead atoms. The first-order chi connectivity index (χ1) is 19.3. The lowest BCUT2D eigenvalue weighted by Crippen LogP contribution is -2.44. The minimum absolute atomic E-state index is 0.123. The van der Waals surface area contributed by atoms with Crippen LogP contribution < -0.4 is 5.32 Å². The highest BCUT2D eigenvalue weighted by molar-refractivity contribution is 9.10. The van der Waals surface area contributed by atoms with Crippen LogP contribution in [0.3, 0.4) is 0 Å². The van der Waals surface area contributed by atoms with Crippen molar-refractivity contribution in [2.75, 3.05) is 11.9 Å². The normalized spacial score (nSPS) is 17.0. The minimum atomic E-state index is -1.35. The van der Waals surface area contributed by atoms with Crippen molar-refractivity contribution in [1.29, 1.82) is 0 Å². The fourth-order valence-electron chi connectivity index (χ4n) is 4.91. The Hall–Kier alpha value is -4.52. The Labute approximate surface area is 235 Å². The van der Waals surface area contributed by atoms with Crippen molar-refractivity contribution < 1.29 is 18.8 Å². The lowest BCUT2D eigenvalue weighted by molar-refractivity contribution is -0.137. The number of amides is 2. The van der Waals surface area contributed by atoms with E-state index in [1.807, 2.05) is 18.3 Å². The molecule has 0 spiro atoms. The Kier molecular flexibility index (Phi) is 6.58. The number of hydrogen-bond acceptors (Lipinski definition) is 7. The third kappa shape index (κ3) is 4.83. The van der Waals surface area contributed by atoms with Crippen molar-refractivity contribution in [2.24, 2.45) is 0 Å². The molecule has 1 aromatic carbocycles. The number of anilines is 1. The zero-order chi connectivity index (χ0) is 28.0. The van der Waals surface area contributed by atoms with Crippen molar-refractivity contribution >= 4 is 55.9 Å². The largest absolute Gasteiger partial charge is 0.326 e. The van der Waals surface area contributed by atoms with Gasteiger partial charge in [-0.3, -0.25) is 19.1 Å². The molecule has 5 heterocycles. The van der Waals surface area contributed by atoms with Crippen LogP contribution >= 0.6 is 15.9 Å². The molecule has 11 nitrogen and oxygen atoms in total. The number of ketones is 1. The molecule has 1 aliphatic rings. The van der Waals surface area contributed by atoms with Gasteiger partial charge in [0.05, 0.1) is 18.3 Å². The van der Waals surface area contributed by atoms with E-state index in [9.17, 15) is 18.8 Å². The molecule has 0 aliphatic carbocycles. The van der Waals surface area contributed by atoms with E-state index in [4.69, 9.17) is 0 Å². The van der Waals surface area contributed by atoms with Crippen molar-refractivity contribution in [2.45, 2.75) is 32.1 Å². The second kappa shape index (κ2) is 10.2. The number of rotatable bonds is 6. The molecule has 202 valence electrons. The first-order valence-corrected chi connectivity index (χ1v) is 13.2. The summed E-state index contributed by atoms with van der Waals surface area (Å²) in [5, 5.41) is 11.9. The quantitative estimate of drug-likeness (QED) is 0.231. The molecule has 1 aliphatic heterocycles. The third-order valence-corrected chi connectivity index (χ3v) is 7.23. The minimum Gasteiger partial charge on any atom is -0.326 e. The van der Waals surface area contributed by atoms with Gasteiger partial charge in [-0.2, -0.15) is 10.2 Å². The fourth-order valence-corrected chi connectivity index (χ4v) is 5.26. The smallest absolute Gasteiger partial charge is 0.248 e. The maximum atomic E-state index is 14.5. The van der Waals surface area contributed by atoms with Crippen molar-refractivity contribution in [3.05, 3.63) is 71.4 Å². The van der Waals surface area contributed by atoms with Crippen LogP contribution in [0.15, 0.2) is 65.7 Å². The lowest BCUT2D eigenvalue weighted by Gasteiger charge is -2.23. The maximum absolute atomic E-state index is 14.5. The Morgan fingerprint density at radius 1 is 1.15 bits per heavy atom. The molecule has 40 heavy (non-hydrogen) atoms. The van der Waals surface area contributed by atoms with E-state index < -0.39 is 24.0 Å². The van der Waals surface area contributed by atoms with Crippen molar-refractivity contribution in [3.63, 3.8) is 0 Å². The molecular formula is C27H22BrFN8O3. The lowest BCUT2D eigenvalue weighted by atomic mass is 10.0. The number of benzene rings is 1. The van der Waals surface area contributed by atoms with Gasteiger partial charge in [-0.25, -0.2) is 18.9 Å². The number of alkyl halides is 1. The van der Waals surface area contributed by atoms with E-state index in [1.165, 1.54) is 16.5 Å². The highest BCUT2D eigenvalue weighted by Gasteiger charge is 2.40. The number of likely N-dealkylation sites (tertiary alicyclic amines) is 1. The average molecular weight is 605 g/mol. The number of aromatic nitrogens is 6. The summed E-state index contributed by atoms with van der Waals surface area (Å²) in [6.07, 6.45) is 3.74. The van der Waals surface area contributed by atoms with E-state index >= 15 is 0 Å². The molecule has 2 atom stereocenters. The summed E-state index contributed by atoms with van der Waals surface area (Å²) in [6.45, 7) is 0.923. The number of carbonyl (C=O) groups is 3. The molecule has 0 radical (unpaired) electrons. The van der Waals surface area contributed by atoms with Gasteiger partial charge in [-0.1, -0.05) is 12.1 Å². The van der Waals surface area contributed by atoms with E-state index in [1.54, 1.807) is 47.2 Å². The Morgan fingerprint density at radius 2 is 2.00 bits per heavy atom. The molecular weight excluding hydrogens is 583 g/mol. The predicted octanol–water partition coefficient (Wildman–Crippen LogP) is 3.68. The average Bonchev–Trinajstić information content (AvgIpc) is 3.65. The molecule has 0 unspecified atom stereocenters. The number of hydrogen-bond donors (Lipinski definition) is 1. The van der Waals surface area contributed by atoms with Gasteiger partial charge < -0.3 is 10.2 Å². The zero-order valence-corrected chi connectivity index (χ0v) is 22.7. The maximum Gasteiger partial charge on any atom is 0.248 e. The number of nitrogens with zero attached hydrogens (tertiary/aromatic N) is 7. The number of fused-ring (bicyclic) bond motifs is 2. The third-order valence-electron chi connectivity index (χ3n) is 6.79. The standard InChI is InChI=1S/C27H22BrFN8O3/c1-15(38)26-19-9-16(17-11-30-24-7-8-31-37(24)12-17)5-6-20(19)36(34-26)14-25(39)35-13-18(29)10-21(35)27(40)33-23-4-2-3-22(28)32-23/h2-9,11-12,18,21H,10,13-14H2,1H3,(H,32,33,40)/t18-,21+/m1/s1. The van der Waals surface area contributed by atoms with Gasteiger partial charge in [0.15, 0.2) is 11.4 Å². The Bertz CT molecular complexity index is 1800. The molecule has 2 amide bonds. The van der Waals surface area contributed by atoms with Crippen LogP contribution in [0.5, 0.6) is 0 Å². The predicted molar refractivity (Wildman–Crippen MR) is 147 cm³/mol. The summed E-state index contributed by atoms with van der Waals surface area (Å²) < 4.78 is 18.1. The van der Waals surface area contributed by atoms with Crippen LogP contribution in [0.1, 0.15) is 23.8 Å². The van der Waals surface area contributed by atoms with Crippen LogP contribution in [0.25, 0.3) is 27.7 Å². The molecule has 5 aromatic rings. The molecule has 1 N–H and O–H groups in total. The van der Waals surface area contributed by atoms with Crippen LogP contribution in [0.4, 0.5) is 10.2 Å². The molecule has 1 saturated heterocycles. The Balaban J connectivity index is 1.28. The van der Waals surface area contributed by atoms with Crippen LogP contribution in [0.2, 0.25) is 0 Å². The van der Waals surface area contributed by atoms with Crippen LogP contribution in [0, 0.1) is 0 Å². The summed E-state index contributed by atoms with van der Waals surface area (Å²) in [7, 11) is 0. The zero-order valence-electron chi connectivity index (χ0n) is 21.2. The monoisotopic (exact) mass is 604 g/mol. The van der Waals surface area contributed by atoms with E-state index in [0.29, 0.717) is 21.2 Å². The summed E-state index contributed by atoms with van der Waals surface area (Å²) >= 11 is 3.25. The summed E-state index contributed by atoms with van der Waals surface area (Å²) in [4.78, 5) is 48.6. The number of Topliss-reactive ketones (excluding diaryl/α,β-unsaturated/α-hetero) is 1. The Morgan fingerprint density at radius 3 is 2.80 bits per heavy atom. The van der Waals surface area contributed by atoms with Crippen LogP contribution in [-0.2, 0) is 16.1 Å². The van der Waals surface area contributed by atoms with E-state index in [0.717, 1.165) is 11.1 Å². The summed E-state index contributed by atoms with van der Waals surface area (Å²) in [6, 6.07) is 11.2. The second-order valence-electron chi connectivity index (χ2n) is 9.50. The number of nitrogens with one attached hydrogen (secondary N) is 1. The second-order valence-corrected chi connectivity index (χ2v) is 10.3. The molecule has 0 saturated carbocycles. The van der Waals surface area contributed by atoms with Gasteiger partial charge >= 0.3 is 0 Å². The van der Waals surface area contributed by atoms with Gasteiger partial charge in [-0.15, -0.1) is 0 Å². The van der Waals surface area contributed by atoms with Gasteiger partial charge in [0.1, 0.15) is 34.9 Å².